The highest BCUT2D eigenvalue weighted by molar-refractivity contribution is 5.91. The van der Waals surface area contributed by atoms with E-state index in [0.29, 0.717) is 73.2 Å². The van der Waals surface area contributed by atoms with Crippen molar-refractivity contribution in [3.63, 3.8) is 0 Å². The van der Waals surface area contributed by atoms with Gasteiger partial charge in [-0.05, 0) is 91.6 Å². The van der Waals surface area contributed by atoms with Crippen molar-refractivity contribution < 1.29 is 47.6 Å². The molecule has 0 saturated heterocycles. The highest BCUT2D eigenvalue weighted by atomic mass is 16.5. The molecule has 10 nitrogen and oxygen atoms in total. The van der Waals surface area contributed by atoms with Gasteiger partial charge in [0.2, 0.25) is 0 Å². The van der Waals surface area contributed by atoms with Gasteiger partial charge in [-0.3, -0.25) is 0 Å². The molecule has 0 atom stereocenters. The summed E-state index contributed by atoms with van der Waals surface area (Å²) >= 11 is 0. The van der Waals surface area contributed by atoms with Crippen molar-refractivity contribution in [2.24, 2.45) is 0 Å². The lowest BCUT2D eigenvalue weighted by Crippen LogP contribution is -2.09. The topological polar surface area (TPSA) is 124 Å². The van der Waals surface area contributed by atoms with Crippen LogP contribution in [0, 0.1) is 6.92 Å². The van der Waals surface area contributed by atoms with Gasteiger partial charge in [-0.15, -0.1) is 0 Å². The average molecular weight is 629 g/mol. The fraction of sp³-hybridized carbons (Fsp3) is 0.222. The summed E-state index contributed by atoms with van der Waals surface area (Å²) in [5.41, 5.74) is 1.72. The lowest BCUT2D eigenvalue weighted by molar-refractivity contribution is -0.138. The number of ether oxygens (including phenoxy) is 6. The molecule has 0 fully saturated rings. The minimum absolute atomic E-state index is 0.245. The smallest absolute Gasteiger partial charge is 0.343 e. The maximum absolute atomic E-state index is 12.6. The lowest BCUT2D eigenvalue weighted by atomic mass is 10.2. The minimum Gasteiger partial charge on any atom is -0.494 e. The molecule has 0 saturated carbocycles. The van der Waals surface area contributed by atoms with E-state index in [9.17, 15) is 19.2 Å². The lowest BCUT2D eigenvalue weighted by Gasteiger charge is -2.10. The van der Waals surface area contributed by atoms with Crippen molar-refractivity contribution in [1.82, 2.24) is 0 Å². The molecule has 0 heterocycles. The third-order valence-corrected chi connectivity index (χ3v) is 6.14. The van der Waals surface area contributed by atoms with Gasteiger partial charge in [0, 0.05) is 24.6 Å². The zero-order chi connectivity index (χ0) is 33.1. The van der Waals surface area contributed by atoms with Gasteiger partial charge in [0.1, 0.15) is 23.0 Å². The molecule has 3 aromatic rings. The number of hydrogen-bond acceptors (Lipinski definition) is 10. The average Bonchev–Trinajstić information content (AvgIpc) is 3.06. The zero-order valence-corrected chi connectivity index (χ0v) is 25.6. The number of aryl methyl sites for hydroxylation is 1. The predicted molar refractivity (Wildman–Crippen MR) is 171 cm³/mol. The second-order valence-corrected chi connectivity index (χ2v) is 9.67. The summed E-state index contributed by atoms with van der Waals surface area (Å²) in [6.07, 6.45) is 7.06. The quantitative estimate of drug-likeness (QED) is 0.0694. The van der Waals surface area contributed by atoms with E-state index in [2.05, 4.69) is 13.2 Å². The largest absolute Gasteiger partial charge is 0.494 e. The second kappa shape index (κ2) is 18.9. The summed E-state index contributed by atoms with van der Waals surface area (Å²) in [5, 5.41) is 0. The molecule has 3 rings (SSSR count). The van der Waals surface area contributed by atoms with Crippen LogP contribution in [0.5, 0.6) is 23.0 Å². The van der Waals surface area contributed by atoms with Gasteiger partial charge in [0.05, 0.1) is 32.0 Å². The van der Waals surface area contributed by atoms with Crippen molar-refractivity contribution in [1.29, 1.82) is 0 Å². The summed E-state index contributed by atoms with van der Waals surface area (Å²) in [5.74, 6) is -0.161. The van der Waals surface area contributed by atoms with Gasteiger partial charge in [0.25, 0.3) is 0 Å². The number of benzene rings is 3. The van der Waals surface area contributed by atoms with Crippen molar-refractivity contribution in [3.8, 4) is 23.0 Å². The summed E-state index contributed by atoms with van der Waals surface area (Å²) in [6, 6.07) is 18.4. The molecule has 0 unspecified atom stereocenters. The molecule has 46 heavy (non-hydrogen) atoms. The molecule has 0 aliphatic heterocycles. The molecule has 0 N–H and O–H groups in total. The van der Waals surface area contributed by atoms with Crippen LogP contribution in [0.4, 0.5) is 0 Å². The van der Waals surface area contributed by atoms with Gasteiger partial charge in [-0.2, -0.15) is 0 Å². The molecular formula is C36H36O10. The highest BCUT2D eigenvalue weighted by Crippen LogP contribution is 2.25. The van der Waals surface area contributed by atoms with Gasteiger partial charge in [-0.1, -0.05) is 25.3 Å². The summed E-state index contributed by atoms with van der Waals surface area (Å²) in [6.45, 7) is 9.77. The van der Waals surface area contributed by atoms with E-state index in [1.54, 1.807) is 79.7 Å². The Morgan fingerprint density at radius 3 is 1.78 bits per heavy atom. The van der Waals surface area contributed by atoms with Crippen LogP contribution in [-0.2, 0) is 23.9 Å². The van der Waals surface area contributed by atoms with Crippen molar-refractivity contribution in [2.45, 2.75) is 26.2 Å². The number of carbonyl (C=O) groups excluding carboxylic acids is 4. The molecule has 0 amide bonds. The molecular weight excluding hydrogens is 592 g/mol. The van der Waals surface area contributed by atoms with Crippen LogP contribution < -0.4 is 18.9 Å². The maximum Gasteiger partial charge on any atom is 0.343 e. The number of carbonyl (C=O) groups is 4. The molecule has 0 spiro atoms. The summed E-state index contributed by atoms with van der Waals surface area (Å²) < 4.78 is 32.0. The van der Waals surface area contributed by atoms with Crippen LogP contribution in [0.3, 0.4) is 0 Å². The molecule has 10 heteroatoms. The number of rotatable bonds is 18. The molecule has 0 aliphatic rings. The Balaban J connectivity index is 1.41. The normalized spacial score (nSPS) is 10.5. The molecule has 0 aromatic heterocycles. The first-order valence-corrected chi connectivity index (χ1v) is 14.5. The number of unbranched alkanes of at least 4 members (excludes halogenated alkanes) is 1. The Labute approximate surface area is 267 Å². The summed E-state index contributed by atoms with van der Waals surface area (Å²) in [7, 11) is 0. The second-order valence-electron chi connectivity index (χ2n) is 9.67. The Kier molecular flexibility index (Phi) is 14.3. The molecule has 0 aliphatic carbocycles. The van der Waals surface area contributed by atoms with E-state index in [1.807, 2.05) is 0 Å². The Bertz CT molecular complexity index is 1520. The fourth-order valence-corrected chi connectivity index (χ4v) is 3.74. The SMILES string of the molecule is C=CC(=O)OCCCCOc1ccc(C(=O)Oc2ccc(OC(=O)/C=C/c3ccc(OCCCOC(=O)C=C)cc3)c(C)c2)cc1. The van der Waals surface area contributed by atoms with E-state index < -0.39 is 23.9 Å². The monoisotopic (exact) mass is 628 g/mol. The van der Waals surface area contributed by atoms with E-state index in [1.165, 1.54) is 6.08 Å². The van der Waals surface area contributed by atoms with Crippen LogP contribution >= 0.6 is 0 Å². The van der Waals surface area contributed by atoms with Gasteiger partial charge >= 0.3 is 23.9 Å². The third-order valence-electron chi connectivity index (χ3n) is 6.14. The van der Waals surface area contributed by atoms with Gasteiger partial charge in [-0.25, -0.2) is 19.2 Å². The van der Waals surface area contributed by atoms with Gasteiger partial charge < -0.3 is 28.4 Å². The first kappa shape index (κ1) is 34.8. The van der Waals surface area contributed by atoms with Crippen molar-refractivity contribution in [3.05, 3.63) is 115 Å². The first-order valence-electron chi connectivity index (χ1n) is 14.5. The standard InChI is InChI=1S/C36H36O10/c1-4-33(37)43-22-7-6-21-41-30-16-12-28(13-17-30)36(40)45-31-18-19-32(26(3)25-31)46-35(39)20-11-27-9-14-29(15-10-27)42-23-8-24-44-34(38)5-2/h4-5,9-20,25H,1-2,6-8,21-24H2,3H3/b20-11+. The number of esters is 4. The van der Waals surface area contributed by atoms with Crippen LogP contribution in [0.2, 0.25) is 0 Å². The van der Waals surface area contributed by atoms with Crippen molar-refractivity contribution >= 4 is 30.0 Å². The van der Waals surface area contributed by atoms with Crippen molar-refractivity contribution in [2.75, 3.05) is 26.4 Å². The highest BCUT2D eigenvalue weighted by Gasteiger charge is 2.12. The first-order chi connectivity index (χ1) is 22.3. The Hall–Kier alpha value is -5.64. The zero-order valence-electron chi connectivity index (χ0n) is 25.6. The van der Waals surface area contributed by atoms with Crippen LogP contribution in [0.15, 0.2) is 98.1 Å². The van der Waals surface area contributed by atoms with E-state index in [-0.39, 0.29) is 6.61 Å². The van der Waals surface area contributed by atoms with E-state index in [0.717, 1.165) is 17.7 Å². The van der Waals surface area contributed by atoms with Crippen LogP contribution in [0.25, 0.3) is 6.08 Å². The van der Waals surface area contributed by atoms with E-state index >= 15 is 0 Å². The fourth-order valence-electron chi connectivity index (χ4n) is 3.74. The van der Waals surface area contributed by atoms with Crippen LogP contribution in [-0.4, -0.2) is 50.3 Å². The third kappa shape index (κ3) is 12.5. The maximum atomic E-state index is 12.6. The molecule has 240 valence electrons. The molecule has 3 aromatic carbocycles. The predicted octanol–water partition coefficient (Wildman–Crippen LogP) is 6.22. The Morgan fingerprint density at radius 1 is 0.630 bits per heavy atom. The van der Waals surface area contributed by atoms with Crippen LogP contribution in [0.1, 0.15) is 40.7 Å². The number of hydrogen-bond donors (Lipinski definition) is 0. The minimum atomic E-state index is -0.569. The Morgan fingerprint density at radius 2 is 1.17 bits per heavy atom. The summed E-state index contributed by atoms with van der Waals surface area (Å²) in [4.78, 5) is 47.1. The molecule has 0 radical (unpaired) electrons. The van der Waals surface area contributed by atoms with E-state index in [4.69, 9.17) is 28.4 Å². The molecule has 0 bridgehead atoms. The van der Waals surface area contributed by atoms with Gasteiger partial charge in [0.15, 0.2) is 0 Å².